The van der Waals surface area contributed by atoms with Gasteiger partial charge in [-0.05, 0) is 49.1 Å². The SMILES string of the molecule is C=C(C)C(C)(C)CCCC(C)(C)CCNC1=C=c2ccc(=C)n2CC1. The molecule has 2 heterocycles. The minimum atomic E-state index is 0.262. The van der Waals surface area contributed by atoms with Crippen LogP contribution in [0.5, 0.6) is 0 Å². The highest BCUT2D eigenvalue weighted by molar-refractivity contribution is 5.28. The summed E-state index contributed by atoms with van der Waals surface area (Å²) < 4.78 is 2.23. The standard InChI is InChI=1S/C23H36N2/c1-18(2)23(6,7)13-8-12-22(4,5)14-15-24-20-11-16-25-19(3)9-10-21(25)17-20/h9-10,24H,1,3,8,11-16H2,2,4-7H3. The van der Waals surface area contributed by atoms with Gasteiger partial charge in [0.2, 0.25) is 0 Å². The number of nitrogens with zero attached hydrogens (tertiary/aromatic N) is 1. The van der Waals surface area contributed by atoms with E-state index in [2.05, 4.69) is 75.5 Å². The van der Waals surface area contributed by atoms with Gasteiger partial charge in [0.15, 0.2) is 0 Å². The summed E-state index contributed by atoms with van der Waals surface area (Å²) in [7, 11) is 0. The normalized spacial score (nSPS) is 14.5. The van der Waals surface area contributed by atoms with Crippen LogP contribution in [0.4, 0.5) is 0 Å². The van der Waals surface area contributed by atoms with Gasteiger partial charge in [0, 0.05) is 24.9 Å². The minimum absolute atomic E-state index is 0.262. The highest BCUT2D eigenvalue weighted by Gasteiger charge is 2.22. The van der Waals surface area contributed by atoms with Crippen molar-refractivity contribution in [3.63, 3.8) is 0 Å². The van der Waals surface area contributed by atoms with Crippen molar-refractivity contribution in [2.45, 2.75) is 73.3 Å². The van der Waals surface area contributed by atoms with Crippen LogP contribution in [0.15, 0.2) is 30.0 Å². The average molecular weight is 341 g/mol. The Morgan fingerprint density at radius 1 is 1.20 bits per heavy atom. The molecular weight excluding hydrogens is 304 g/mol. The Balaban J connectivity index is 1.82. The zero-order valence-electron chi connectivity index (χ0n) is 17.0. The van der Waals surface area contributed by atoms with Crippen LogP contribution in [0.3, 0.4) is 0 Å². The topological polar surface area (TPSA) is 17.0 Å². The van der Waals surface area contributed by atoms with Crippen molar-refractivity contribution in [2.75, 3.05) is 6.54 Å². The zero-order chi connectivity index (χ0) is 18.7. The molecule has 1 aromatic heterocycles. The van der Waals surface area contributed by atoms with Crippen LogP contribution in [0, 0.1) is 10.8 Å². The van der Waals surface area contributed by atoms with Gasteiger partial charge in [0.05, 0.1) is 11.0 Å². The molecule has 1 aliphatic rings. The van der Waals surface area contributed by atoms with E-state index in [9.17, 15) is 0 Å². The molecule has 1 aromatic rings. The maximum absolute atomic E-state index is 4.14. The quantitative estimate of drug-likeness (QED) is 0.662. The predicted octanol–water partition coefficient (Wildman–Crippen LogP) is 4.34. The molecule has 0 unspecified atom stereocenters. The fourth-order valence-corrected chi connectivity index (χ4v) is 3.36. The van der Waals surface area contributed by atoms with Crippen molar-refractivity contribution >= 4 is 12.3 Å². The third-order valence-corrected chi connectivity index (χ3v) is 5.89. The van der Waals surface area contributed by atoms with Gasteiger partial charge in [-0.1, -0.05) is 58.6 Å². The predicted molar refractivity (Wildman–Crippen MR) is 110 cm³/mol. The molecular formula is C23H36N2. The molecule has 2 heteroatoms. The largest absolute Gasteiger partial charge is 0.382 e. The monoisotopic (exact) mass is 340 g/mol. The summed E-state index contributed by atoms with van der Waals surface area (Å²) >= 11 is 0. The zero-order valence-corrected chi connectivity index (χ0v) is 17.0. The first-order chi connectivity index (χ1) is 11.6. The first-order valence-electron chi connectivity index (χ1n) is 9.65. The summed E-state index contributed by atoms with van der Waals surface area (Å²) in [6.07, 6.45) is 5.97. The number of rotatable bonds is 9. The minimum Gasteiger partial charge on any atom is -0.382 e. The summed E-state index contributed by atoms with van der Waals surface area (Å²) in [5, 5.41) is 5.85. The van der Waals surface area contributed by atoms with E-state index in [1.54, 1.807) is 0 Å². The molecule has 0 amide bonds. The van der Waals surface area contributed by atoms with Gasteiger partial charge in [-0.2, -0.15) is 0 Å². The Morgan fingerprint density at radius 2 is 1.92 bits per heavy atom. The molecule has 0 aliphatic carbocycles. The number of hydrogen-bond donors (Lipinski definition) is 1. The van der Waals surface area contributed by atoms with Crippen molar-refractivity contribution in [1.82, 2.24) is 9.88 Å². The van der Waals surface area contributed by atoms with Gasteiger partial charge in [-0.15, -0.1) is 0 Å². The molecule has 0 saturated heterocycles. The molecule has 0 atom stereocenters. The van der Waals surface area contributed by atoms with Crippen LogP contribution < -0.4 is 16.0 Å². The molecule has 2 nitrogen and oxygen atoms in total. The van der Waals surface area contributed by atoms with Gasteiger partial charge in [-0.25, -0.2) is 0 Å². The number of nitrogens with one attached hydrogen (secondary N) is 1. The van der Waals surface area contributed by atoms with Crippen LogP contribution in [0.25, 0.3) is 12.3 Å². The van der Waals surface area contributed by atoms with Crippen molar-refractivity contribution in [3.05, 3.63) is 40.7 Å². The molecule has 0 radical (unpaired) electrons. The summed E-state index contributed by atoms with van der Waals surface area (Å²) in [6, 6.07) is 4.18. The molecule has 1 N–H and O–H groups in total. The van der Waals surface area contributed by atoms with Crippen LogP contribution in [-0.4, -0.2) is 11.1 Å². The van der Waals surface area contributed by atoms with Gasteiger partial charge in [-0.3, -0.25) is 0 Å². The lowest BCUT2D eigenvalue weighted by Crippen LogP contribution is -2.31. The van der Waals surface area contributed by atoms with Crippen LogP contribution in [0.2, 0.25) is 0 Å². The summed E-state index contributed by atoms with van der Waals surface area (Å²) in [5.41, 5.74) is 6.66. The second-order valence-electron chi connectivity index (χ2n) is 9.07. The van der Waals surface area contributed by atoms with Crippen molar-refractivity contribution < 1.29 is 0 Å². The number of fused-ring (bicyclic) bond motifs is 1. The number of allylic oxidation sites excluding steroid dienone is 2. The fourth-order valence-electron chi connectivity index (χ4n) is 3.36. The third-order valence-electron chi connectivity index (χ3n) is 5.89. The first-order valence-corrected chi connectivity index (χ1v) is 9.65. The molecule has 1 aliphatic heterocycles. The van der Waals surface area contributed by atoms with E-state index in [0.717, 1.165) is 30.2 Å². The Bertz CT molecular complexity index is 755. The lowest BCUT2D eigenvalue weighted by molar-refractivity contribution is 0.271. The number of hydrogen-bond acceptors (Lipinski definition) is 1. The fraction of sp³-hybridized carbons (Fsp3) is 0.609. The molecule has 0 spiro atoms. The van der Waals surface area contributed by atoms with E-state index in [1.807, 2.05) is 0 Å². The molecule has 0 aromatic carbocycles. The van der Waals surface area contributed by atoms with Gasteiger partial charge in [0.25, 0.3) is 0 Å². The first kappa shape index (κ1) is 19.7. The van der Waals surface area contributed by atoms with E-state index < -0.39 is 0 Å². The van der Waals surface area contributed by atoms with E-state index in [4.69, 9.17) is 0 Å². The lowest BCUT2D eigenvalue weighted by atomic mass is 9.77. The van der Waals surface area contributed by atoms with E-state index >= 15 is 0 Å². The summed E-state index contributed by atoms with van der Waals surface area (Å²) in [4.78, 5) is 0. The molecule has 2 rings (SSSR count). The smallest absolute Gasteiger partial charge is 0.0862 e. The van der Waals surface area contributed by atoms with Crippen LogP contribution in [0.1, 0.15) is 66.7 Å². The van der Waals surface area contributed by atoms with Gasteiger partial charge >= 0.3 is 0 Å². The van der Waals surface area contributed by atoms with Crippen LogP contribution >= 0.6 is 0 Å². The summed E-state index contributed by atoms with van der Waals surface area (Å²) in [6.45, 7) is 21.8. The Labute approximate surface area is 154 Å². The molecule has 25 heavy (non-hydrogen) atoms. The molecule has 0 bridgehead atoms. The molecule has 138 valence electrons. The lowest BCUT2D eigenvalue weighted by Gasteiger charge is -2.29. The maximum Gasteiger partial charge on any atom is 0.0862 e. The van der Waals surface area contributed by atoms with Crippen molar-refractivity contribution in [1.29, 1.82) is 0 Å². The van der Waals surface area contributed by atoms with Crippen molar-refractivity contribution in [3.8, 4) is 0 Å². The third kappa shape index (κ3) is 5.41. The maximum atomic E-state index is 4.14. The molecule has 0 saturated carbocycles. The van der Waals surface area contributed by atoms with Gasteiger partial charge < -0.3 is 9.88 Å². The average Bonchev–Trinajstić information content (AvgIpc) is 2.87. The van der Waals surface area contributed by atoms with E-state index in [1.165, 1.54) is 37.0 Å². The van der Waals surface area contributed by atoms with Crippen molar-refractivity contribution in [2.24, 2.45) is 10.8 Å². The summed E-state index contributed by atoms with van der Waals surface area (Å²) in [5.74, 6) is 0. The Kier molecular flexibility index (Phi) is 6.06. The molecule has 0 fully saturated rings. The van der Waals surface area contributed by atoms with Gasteiger partial charge in [0.1, 0.15) is 0 Å². The van der Waals surface area contributed by atoms with E-state index in [0.29, 0.717) is 5.41 Å². The number of aromatic nitrogens is 1. The highest BCUT2D eigenvalue weighted by Crippen LogP contribution is 2.34. The second kappa shape index (κ2) is 7.70. The van der Waals surface area contributed by atoms with E-state index in [-0.39, 0.29) is 5.41 Å². The second-order valence-corrected chi connectivity index (χ2v) is 9.07. The Hall–Kier alpha value is -1.66. The Morgan fingerprint density at radius 3 is 2.60 bits per heavy atom. The van der Waals surface area contributed by atoms with Crippen LogP contribution in [-0.2, 0) is 6.54 Å². The highest BCUT2D eigenvalue weighted by atomic mass is 15.0.